The second-order valence-electron chi connectivity index (χ2n) is 7.93. The molecule has 0 radical (unpaired) electrons. The molecular weight excluding hydrogens is 312 g/mol. The number of hydrogen-bond donors (Lipinski definition) is 1. The van der Waals surface area contributed by atoms with Gasteiger partial charge in [-0.3, -0.25) is 9.59 Å². The predicted octanol–water partition coefficient (Wildman–Crippen LogP) is 3.22. The first-order valence-corrected chi connectivity index (χ1v) is 9.85. The van der Waals surface area contributed by atoms with E-state index < -0.39 is 0 Å². The molecular formula is C21H28N2O2. The number of carbonyl (C=O) groups is 2. The average molecular weight is 340 g/mol. The van der Waals surface area contributed by atoms with Crippen LogP contribution in [0.3, 0.4) is 0 Å². The van der Waals surface area contributed by atoms with Crippen molar-refractivity contribution >= 4 is 11.8 Å². The zero-order chi connectivity index (χ0) is 17.4. The van der Waals surface area contributed by atoms with Crippen LogP contribution in [0.2, 0.25) is 0 Å². The standard InChI is InChI=1S/C21H28N2O2/c1-2-14-3-5-15(6-4-14)19-12-9-17(20(24)22-18-10-11-18)13-23(19)21(25)16-7-8-16/h3-6,16-19H,2,7-13H2,1H3,(H,22,24). The van der Waals surface area contributed by atoms with Gasteiger partial charge in [-0.2, -0.15) is 0 Å². The number of piperidine rings is 1. The topological polar surface area (TPSA) is 49.4 Å². The monoisotopic (exact) mass is 340 g/mol. The zero-order valence-electron chi connectivity index (χ0n) is 15.0. The first-order chi connectivity index (χ1) is 12.2. The van der Waals surface area contributed by atoms with Gasteiger partial charge in [-0.25, -0.2) is 0 Å². The Kier molecular flexibility index (Phi) is 4.53. The van der Waals surface area contributed by atoms with E-state index in [1.807, 2.05) is 4.90 Å². The molecule has 25 heavy (non-hydrogen) atoms. The van der Waals surface area contributed by atoms with E-state index in [4.69, 9.17) is 0 Å². The molecule has 134 valence electrons. The maximum Gasteiger partial charge on any atom is 0.226 e. The Labute approximate surface area is 150 Å². The van der Waals surface area contributed by atoms with Crippen LogP contribution >= 0.6 is 0 Å². The summed E-state index contributed by atoms with van der Waals surface area (Å²) in [6.07, 6.45) is 7.01. The Morgan fingerprint density at radius 3 is 2.28 bits per heavy atom. The van der Waals surface area contributed by atoms with Gasteiger partial charge in [0.05, 0.1) is 12.0 Å². The fraction of sp³-hybridized carbons (Fsp3) is 0.619. The Balaban J connectivity index is 1.51. The number of nitrogens with one attached hydrogen (secondary N) is 1. The molecule has 1 aromatic rings. The van der Waals surface area contributed by atoms with Crippen molar-refractivity contribution < 1.29 is 9.59 Å². The van der Waals surface area contributed by atoms with Gasteiger partial charge in [0.25, 0.3) is 0 Å². The average Bonchev–Trinajstić information content (AvgIpc) is 3.54. The highest BCUT2D eigenvalue weighted by molar-refractivity contribution is 5.84. The number of benzene rings is 1. The highest BCUT2D eigenvalue weighted by Gasteiger charge is 2.41. The normalized spacial score (nSPS) is 26.4. The van der Waals surface area contributed by atoms with Gasteiger partial charge < -0.3 is 10.2 Å². The van der Waals surface area contributed by atoms with Gasteiger partial charge in [0.15, 0.2) is 0 Å². The van der Waals surface area contributed by atoms with E-state index in [0.29, 0.717) is 12.6 Å². The van der Waals surface area contributed by atoms with Crippen LogP contribution in [-0.4, -0.2) is 29.3 Å². The number of aryl methyl sites for hydroxylation is 1. The van der Waals surface area contributed by atoms with E-state index in [0.717, 1.165) is 44.9 Å². The van der Waals surface area contributed by atoms with Gasteiger partial charge in [-0.15, -0.1) is 0 Å². The van der Waals surface area contributed by atoms with Crippen molar-refractivity contribution in [1.29, 1.82) is 0 Å². The van der Waals surface area contributed by atoms with E-state index >= 15 is 0 Å². The number of hydrogen-bond acceptors (Lipinski definition) is 2. The maximum atomic E-state index is 12.9. The van der Waals surface area contributed by atoms with Crippen molar-refractivity contribution in [3.63, 3.8) is 0 Å². The van der Waals surface area contributed by atoms with Crippen LogP contribution in [0.4, 0.5) is 0 Å². The highest BCUT2D eigenvalue weighted by Crippen LogP contribution is 2.39. The van der Waals surface area contributed by atoms with Gasteiger partial charge >= 0.3 is 0 Å². The van der Waals surface area contributed by atoms with Crippen LogP contribution < -0.4 is 5.32 Å². The second-order valence-corrected chi connectivity index (χ2v) is 7.93. The smallest absolute Gasteiger partial charge is 0.226 e. The second kappa shape index (κ2) is 6.81. The van der Waals surface area contributed by atoms with Crippen molar-refractivity contribution in [2.45, 2.75) is 64.0 Å². The van der Waals surface area contributed by atoms with Crippen molar-refractivity contribution in [2.75, 3.05) is 6.54 Å². The molecule has 1 heterocycles. The van der Waals surface area contributed by atoms with Gasteiger partial charge in [0.1, 0.15) is 0 Å². The third kappa shape index (κ3) is 3.73. The molecule has 3 aliphatic rings. The minimum atomic E-state index is -0.0468. The first-order valence-electron chi connectivity index (χ1n) is 9.85. The van der Waals surface area contributed by atoms with E-state index in [-0.39, 0.29) is 29.7 Å². The molecule has 1 saturated heterocycles. The van der Waals surface area contributed by atoms with E-state index in [1.165, 1.54) is 11.1 Å². The molecule has 0 bridgehead atoms. The molecule has 1 aromatic carbocycles. The molecule has 1 aliphatic heterocycles. The van der Waals surface area contributed by atoms with Crippen LogP contribution in [0.25, 0.3) is 0 Å². The number of carbonyl (C=O) groups excluding carboxylic acids is 2. The lowest BCUT2D eigenvalue weighted by Crippen LogP contribution is -2.47. The Morgan fingerprint density at radius 1 is 1.00 bits per heavy atom. The highest BCUT2D eigenvalue weighted by atomic mass is 16.2. The predicted molar refractivity (Wildman–Crippen MR) is 96.9 cm³/mol. The van der Waals surface area contributed by atoms with Crippen LogP contribution in [0.5, 0.6) is 0 Å². The van der Waals surface area contributed by atoms with Crippen molar-refractivity contribution in [1.82, 2.24) is 10.2 Å². The largest absolute Gasteiger partial charge is 0.353 e. The maximum absolute atomic E-state index is 12.9. The molecule has 1 N–H and O–H groups in total. The summed E-state index contributed by atoms with van der Waals surface area (Å²) in [5.74, 6) is 0.557. The molecule has 2 unspecified atom stereocenters. The summed E-state index contributed by atoms with van der Waals surface area (Å²) < 4.78 is 0. The fourth-order valence-corrected chi connectivity index (χ4v) is 3.86. The van der Waals surface area contributed by atoms with Gasteiger partial charge in [0, 0.05) is 18.5 Å². The minimum Gasteiger partial charge on any atom is -0.353 e. The minimum absolute atomic E-state index is 0.0468. The molecule has 2 saturated carbocycles. The quantitative estimate of drug-likeness (QED) is 0.895. The van der Waals surface area contributed by atoms with E-state index in [1.54, 1.807) is 0 Å². The molecule has 2 aliphatic carbocycles. The molecule has 0 spiro atoms. The molecule has 0 aromatic heterocycles. The van der Waals surface area contributed by atoms with E-state index in [9.17, 15) is 9.59 Å². The summed E-state index contributed by atoms with van der Waals surface area (Å²) in [4.78, 5) is 27.4. The molecule has 4 rings (SSSR count). The fourth-order valence-electron chi connectivity index (χ4n) is 3.86. The molecule has 2 atom stereocenters. The number of nitrogens with zero attached hydrogens (tertiary/aromatic N) is 1. The molecule has 2 amide bonds. The van der Waals surface area contributed by atoms with Gasteiger partial charge in [0.2, 0.25) is 11.8 Å². The lowest BCUT2D eigenvalue weighted by Gasteiger charge is -2.40. The van der Waals surface area contributed by atoms with Crippen molar-refractivity contribution in [2.24, 2.45) is 11.8 Å². The summed E-state index contributed by atoms with van der Waals surface area (Å²) in [5, 5.41) is 3.12. The van der Waals surface area contributed by atoms with Crippen LogP contribution in [0.15, 0.2) is 24.3 Å². The van der Waals surface area contributed by atoms with Crippen molar-refractivity contribution in [3.8, 4) is 0 Å². The van der Waals surface area contributed by atoms with Gasteiger partial charge in [-0.1, -0.05) is 31.2 Å². The number of rotatable bonds is 5. The summed E-state index contributed by atoms with van der Waals surface area (Å²) in [6.45, 7) is 2.73. The Bertz CT molecular complexity index is 646. The Morgan fingerprint density at radius 2 is 1.68 bits per heavy atom. The van der Waals surface area contributed by atoms with Crippen LogP contribution in [0, 0.1) is 11.8 Å². The first kappa shape index (κ1) is 16.6. The third-order valence-corrected chi connectivity index (χ3v) is 5.86. The van der Waals surface area contributed by atoms with Crippen LogP contribution in [0.1, 0.15) is 62.6 Å². The molecule has 4 heteroatoms. The SMILES string of the molecule is CCc1ccc(C2CCC(C(=O)NC3CC3)CN2C(=O)C2CC2)cc1. The lowest BCUT2D eigenvalue weighted by atomic mass is 9.87. The molecule has 4 nitrogen and oxygen atoms in total. The van der Waals surface area contributed by atoms with Crippen LogP contribution in [-0.2, 0) is 16.0 Å². The van der Waals surface area contributed by atoms with Crippen molar-refractivity contribution in [3.05, 3.63) is 35.4 Å². The number of amides is 2. The van der Waals surface area contributed by atoms with Gasteiger partial charge in [-0.05, 0) is 56.1 Å². The lowest BCUT2D eigenvalue weighted by molar-refractivity contribution is -0.140. The zero-order valence-corrected chi connectivity index (χ0v) is 15.0. The molecule has 3 fully saturated rings. The summed E-state index contributed by atoms with van der Waals surface area (Å²) in [7, 11) is 0. The van der Waals surface area contributed by atoms with E-state index in [2.05, 4.69) is 36.5 Å². The summed E-state index contributed by atoms with van der Waals surface area (Å²) in [5.41, 5.74) is 2.54. The Hall–Kier alpha value is -1.84. The third-order valence-electron chi connectivity index (χ3n) is 5.86. The summed E-state index contributed by atoms with van der Waals surface area (Å²) in [6, 6.07) is 9.19. The summed E-state index contributed by atoms with van der Waals surface area (Å²) >= 11 is 0. The number of likely N-dealkylation sites (tertiary alicyclic amines) is 1.